The quantitative estimate of drug-likeness (QED) is 0.352. The highest BCUT2D eigenvalue weighted by Gasteiger charge is 2.37. The predicted octanol–water partition coefficient (Wildman–Crippen LogP) is 6.09. The third kappa shape index (κ3) is 5.79. The first-order valence-electron chi connectivity index (χ1n) is 14.2. The molecule has 0 aromatic heterocycles. The summed E-state index contributed by atoms with van der Waals surface area (Å²) in [6.45, 7) is 6.98. The Bertz CT molecular complexity index is 1410. The van der Waals surface area contributed by atoms with Crippen LogP contribution in [0.25, 0.3) is 0 Å². The van der Waals surface area contributed by atoms with Gasteiger partial charge in [0.2, 0.25) is 11.8 Å². The Morgan fingerprint density at radius 3 is 2.37 bits per heavy atom. The first-order chi connectivity index (χ1) is 19.7. The average molecular weight is 576 g/mol. The number of ether oxygens (including phenoxy) is 2. The minimum Gasteiger partial charge on any atom is -0.493 e. The van der Waals surface area contributed by atoms with Crippen molar-refractivity contribution in [3.63, 3.8) is 0 Å². The van der Waals surface area contributed by atoms with E-state index < -0.39 is 0 Å². The number of hydrogen-bond donors (Lipinski definition) is 1. The van der Waals surface area contributed by atoms with Gasteiger partial charge in [-0.05, 0) is 98.8 Å². The molecule has 2 aliphatic heterocycles. The zero-order valence-electron chi connectivity index (χ0n) is 24.3. The van der Waals surface area contributed by atoms with E-state index in [2.05, 4.69) is 29.3 Å². The number of rotatable bonds is 8. The van der Waals surface area contributed by atoms with Crippen LogP contribution in [0.3, 0.4) is 0 Å². The molecule has 1 fully saturated rings. The van der Waals surface area contributed by atoms with Crippen LogP contribution in [-0.4, -0.2) is 49.6 Å². The van der Waals surface area contributed by atoms with E-state index in [0.717, 1.165) is 47.3 Å². The summed E-state index contributed by atoms with van der Waals surface area (Å²) in [5.41, 5.74) is 4.77. The van der Waals surface area contributed by atoms with Crippen molar-refractivity contribution in [1.82, 2.24) is 10.2 Å². The molecule has 0 bridgehead atoms. The van der Waals surface area contributed by atoms with Gasteiger partial charge in [-0.15, -0.1) is 0 Å². The van der Waals surface area contributed by atoms with Crippen LogP contribution in [0, 0.1) is 0 Å². The Hall–Kier alpha value is -3.55. The number of likely N-dealkylation sites (N-methyl/N-ethyl adjacent to an activating group) is 1. The molecule has 8 heteroatoms. The van der Waals surface area contributed by atoms with Gasteiger partial charge in [0.25, 0.3) is 0 Å². The highest BCUT2D eigenvalue weighted by molar-refractivity contribution is 6.30. The number of carbonyl (C=O) groups is 2. The molecule has 7 nitrogen and oxygen atoms in total. The molecule has 0 radical (unpaired) electrons. The fourth-order valence-electron chi connectivity index (χ4n) is 6.13. The van der Waals surface area contributed by atoms with Gasteiger partial charge >= 0.3 is 0 Å². The molecule has 0 aliphatic carbocycles. The number of nitrogens with zero attached hydrogens (tertiary/aromatic N) is 2. The monoisotopic (exact) mass is 575 g/mol. The molecule has 2 heterocycles. The van der Waals surface area contributed by atoms with E-state index in [-0.39, 0.29) is 42.5 Å². The number of benzene rings is 3. The van der Waals surface area contributed by atoms with Gasteiger partial charge in [0.1, 0.15) is 0 Å². The van der Waals surface area contributed by atoms with Crippen molar-refractivity contribution >= 4 is 29.1 Å². The van der Waals surface area contributed by atoms with Crippen LogP contribution in [0.15, 0.2) is 60.7 Å². The summed E-state index contributed by atoms with van der Waals surface area (Å²) in [5, 5.41) is 3.44. The zero-order chi connectivity index (χ0) is 29.3. The number of amides is 2. The minimum atomic E-state index is -0.372. The molecule has 1 N–H and O–H groups in total. The van der Waals surface area contributed by atoms with E-state index in [1.165, 1.54) is 0 Å². The van der Waals surface area contributed by atoms with Crippen molar-refractivity contribution in [1.29, 1.82) is 0 Å². The molecular weight excluding hydrogens is 538 g/mol. The van der Waals surface area contributed by atoms with Crippen LogP contribution in [0.4, 0.5) is 5.69 Å². The van der Waals surface area contributed by atoms with Gasteiger partial charge in [0, 0.05) is 23.8 Å². The normalized spacial score (nSPS) is 19.7. The van der Waals surface area contributed by atoms with Gasteiger partial charge in [-0.1, -0.05) is 35.9 Å². The molecule has 3 aromatic rings. The summed E-state index contributed by atoms with van der Waals surface area (Å²) in [4.78, 5) is 30.4. The number of halogens is 1. The van der Waals surface area contributed by atoms with Gasteiger partial charge in [0.05, 0.1) is 31.7 Å². The van der Waals surface area contributed by atoms with E-state index in [9.17, 15) is 9.59 Å². The number of methoxy groups -OCH3 is 1. The summed E-state index contributed by atoms with van der Waals surface area (Å²) < 4.78 is 11.7. The summed E-state index contributed by atoms with van der Waals surface area (Å²) in [6.07, 6.45) is 2.07. The maximum Gasteiger partial charge on any atom is 0.237 e. The van der Waals surface area contributed by atoms with Crippen LogP contribution in [0.1, 0.15) is 68.0 Å². The number of fused-ring (bicyclic) bond motifs is 1. The Kier molecular flexibility index (Phi) is 8.57. The second-order valence-electron chi connectivity index (χ2n) is 11.0. The van der Waals surface area contributed by atoms with E-state index in [1.54, 1.807) is 14.2 Å². The van der Waals surface area contributed by atoms with E-state index in [1.807, 2.05) is 67.3 Å². The lowest BCUT2D eigenvalue weighted by atomic mass is 9.86. The summed E-state index contributed by atoms with van der Waals surface area (Å²) in [5.74, 6) is 1.32. The summed E-state index contributed by atoms with van der Waals surface area (Å²) >= 11 is 6.25. The minimum absolute atomic E-state index is 0.00273. The predicted molar refractivity (Wildman–Crippen MR) is 162 cm³/mol. The average Bonchev–Trinajstić information content (AvgIpc) is 3.46. The lowest BCUT2D eigenvalue weighted by Gasteiger charge is -2.38. The van der Waals surface area contributed by atoms with Crippen LogP contribution < -0.4 is 19.7 Å². The Morgan fingerprint density at radius 1 is 1.02 bits per heavy atom. The van der Waals surface area contributed by atoms with Crippen LogP contribution in [0.5, 0.6) is 11.5 Å². The third-order valence-corrected chi connectivity index (χ3v) is 8.38. The summed E-state index contributed by atoms with van der Waals surface area (Å²) in [6, 6.07) is 19.3. The second-order valence-corrected chi connectivity index (χ2v) is 11.5. The highest BCUT2D eigenvalue weighted by Crippen LogP contribution is 2.44. The molecule has 5 rings (SSSR count). The zero-order valence-corrected chi connectivity index (χ0v) is 25.1. The molecule has 41 heavy (non-hydrogen) atoms. The van der Waals surface area contributed by atoms with Gasteiger partial charge < -0.3 is 19.7 Å². The van der Waals surface area contributed by atoms with E-state index >= 15 is 0 Å². The van der Waals surface area contributed by atoms with Gasteiger partial charge in [-0.25, -0.2) is 0 Å². The number of hydrogen-bond acceptors (Lipinski definition) is 5. The molecular formula is C33H38ClN3O4. The smallest absolute Gasteiger partial charge is 0.237 e. The molecule has 0 saturated carbocycles. The van der Waals surface area contributed by atoms with E-state index in [4.69, 9.17) is 21.1 Å². The molecule has 216 valence electrons. The van der Waals surface area contributed by atoms with Crippen LogP contribution >= 0.6 is 11.6 Å². The van der Waals surface area contributed by atoms with Gasteiger partial charge in [-0.3, -0.25) is 14.5 Å². The molecule has 1 saturated heterocycles. The molecule has 2 amide bonds. The lowest BCUT2D eigenvalue weighted by Crippen LogP contribution is -2.43. The van der Waals surface area contributed by atoms with Crippen molar-refractivity contribution in [2.45, 2.75) is 64.3 Å². The molecule has 1 unspecified atom stereocenters. The topological polar surface area (TPSA) is 71.1 Å². The SMILES string of the molecule is CNC(=O)C1CCCN1[C@@H](C)c1ccc(N2C(=O)Cc3cc(OC)c(OC(C)C)cc3[C@@H]2c2ccc(Cl)cc2)cc1. The van der Waals surface area contributed by atoms with Crippen LogP contribution in [-0.2, 0) is 16.0 Å². The molecule has 3 atom stereocenters. The van der Waals surface area contributed by atoms with Crippen molar-refractivity contribution < 1.29 is 19.1 Å². The maximum atomic E-state index is 13.8. The number of likely N-dealkylation sites (tertiary alicyclic amines) is 1. The van der Waals surface area contributed by atoms with Crippen molar-refractivity contribution in [3.05, 3.63) is 87.9 Å². The third-order valence-electron chi connectivity index (χ3n) is 8.13. The lowest BCUT2D eigenvalue weighted by molar-refractivity contribution is -0.125. The largest absolute Gasteiger partial charge is 0.493 e. The van der Waals surface area contributed by atoms with Crippen molar-refractivity contribution in [2.75, 3.05) is 25.6 Å². The first-order valence-corrected chi connectivity index (χ1v) is 14.6. The van der Waals surface area contributed by atoms with Crippen LogP contribution in [0.2, 0.25) is 5.02 Å². The Morgan fingerprint density at radius 2 is 1.73 bits per heavy atom. The summed E-state index contributed by atoms with van der Waals surface area (Å²) in [7, 11) is 3.31. The van der Waals surface area contributed by atoms with Crippen molar-refractivity contribution in [2.24, 2.45) is 0 Å². The number of anilines is 1. The second kappa shape index (κ2) is 12.1. The number of nitrogens with one attached hydrogen (secondary N) is 1. The number of carbonyl (C=O) groups excluding carboxylic acids is 2. The fraction of sp³-hybridized carbons (Fsp3) is 0.394. The Balaban J connectivity index is 1.54. The van der Waals surface area contributed by atoms with E-state index in [0.29, 0.717) is 16.5 Å². The van der Waals surface area contributed by atoms with Gasteiger partial charge in [-0.2, -0.15) is 0 Å². The molecule has 2 aliphatic rings. The fourth-order valence-corrected chi connectivity index (χ4v) is 6.26. The highest BCUT2D eigenvalue weighted by atomic mass is 35.5. The van der Waals surface area contributed by atoms with Gasteiger partial charge in [0.15, 0.2) is 11.5 Å². The Labute approximate surface area is 247 Å². The molecule has 3 aromatic carbocycles. The molecule has 0 spiro atoms. The standard InChI is InChI=1S/C33H38ClN3O4/c1-20(2)41-30-19-27-24(17-29(30)40-5)18-31(38)37(32(27)23-8-12-25(34)13-9-23)26-14-10-22(11-15-26)21(3)36-16-6-7-28(36)33(39)35-4/h8-15,17,19-21,28,32H,6-7,16,18H2,1-5H3,(H,35,39)/t21-,28?,32-/m0/s1. The maximum absolute atomic E-state index is 13.8. The first kappa shape index (κ1) is 29.0. The van der Waals surface area contributed by atoms with Crippen molar-refractivity contribution in [3.8, 4) is 11.5 Å².